The number of aromatic nitrogens is 2. The van der Waals surface area contributed by atoms with Crippen molar-refractivity contribution < 1.29 is 14.4 Å². The summed E-state index contributed by atoms with van der Waals surface area (Å²) in [5, 5.41) is 2.34. The van der Waals surface area contributed by atoms with Crippen molar-refractivity contribution in [2.45, 2.75) is 57.8 Å². The van der Waals surface area contributed by atoms with E-state index in [0.717, 1.165) is 42.6 Å². The number of rotatable bonds is 7. The van der Waals surface area contributed by atoms with Crippen molar-refractivity contribution in [1.82, 2.24) is 19.8 Å². The van der Waals surface area contributed by atoms with E-state index in [9.17, 15) is 14.4 Å². The van der Waals surface area contributed by atoms with Crippen molar-refractivity contribution in [3.8, 4) is 0 Å². The number of aryl methyl sites for hydroxylation is 2. The molecule has 4 rings (SSSR count). The average molecular weight is 395 g/mol. The Balaban J connectivity index is 1.39. The molecule has 2 aliphatic heterocycles. The van der Waals surface area contributed by atoms with E-state index in [2.05, 4.69) is 16.4 Å². The molecule has 0 bridgehead atoms. The highest BCUT2D eigenvalue weighted by Crippen LogP contribution is 2.30. The van der Waals surface area contributed by atoms with Gasteiger partial charge in [-0.3, -0.25) is 19.7 Å². The van der Waals surface area contributed by atoms with Gasteiger partial charge in [0, 0.05) is 37.8 Å². The third kappa shape index (κ3) is 3.93. The van der Waals surface area contributed by atoms with Crippen LogP contribution in [0.5, 0.6) is 0 Å². The van der Waals surface area contributed by atoms with Crippen molar-refractivity contribution in [2.75, 3.05) is 0 Å². The first-order valence-electron chi connectivity index (χ1n) is 10.0. The van der Waals surface area contributed by atoms with Crippen LogP contribution in [0.2, 0.25) is 0 Å². The number of nitrogens with two attached hydrogens (primary N) is 1. The molecule has 3 amide bonds. The van der Waals surface area contributed by atoms with E-state index in [0.29, 0.717) is 25.1 Å². The summed E-state index contributed by atoms with van der Waals surface area (Å²) in [4.78, 5) is 42.3. The van der Waals surface area contributed by atoms with E-state index < -0.39 is 6.04 Å². The summed E-state index contributed by atoms with van der Waals surface area (Å²) in [6.45, 7) is 1.75. The zero-order valence-electron chi connectivity index (χ0n) is 16.3. The summed E-state index contributed by atoms with van der Waals surface area (Å²) in [6, 6.07) is 5.22. The highest BCUT2D eigenvalue weighted by molar-refractivity contribution is 6.05. The van der Waals surface area contributed by atoms with E-state index in [4.69, 9.17) is 5.73 Å². The van der Waals surface area contributed by atoms with Crippen LogP contribution in [0.25, 0.3) is 0 Å². The van der Waals surface area contributed by atoms with E-state index in [1.165, 1.54) is 0 Å². The van der Waals surface area contributed by atoms with E-state index in [1.807, 2.05) is 22.9 Å². The summed E-state index contributed by atoms with van der Waals surface area (Å²) in [5.74, 6) is -0.766. The Morgan fingerprint density at radius 1 is 1.21 bits per heavy atom. The first-order valence-corrected chi connectivity index (χ1v) is 10.0. The van der Waals surface area contributed by atoms with Crippen LogP contribution in [0, 0.1) is 0 Å². The molecule has 8 nitrogen and oxygen atoms in total. The number of amides is 3. The molecule has 0 aliphatic carbocycles. The van der Waals surface area contributed by atoms with E-state index in [1.54, 1.807) is 11.2 Å². The van der Waals surface area contributed by atoms with Gasteiger partial charge in [-0.05, 0) is 42.9 Å². The minimum atomic E-state index is -0.571. The summed E-state index contributed by atoms with van der Waals surface area (Å²) in [5.41, 5.74) is 9.31. The highest BCUT2D eigenvalue weighted by atomic mass is 16.2. The van der Waals surface area contributed by atoms with Crippen LogP contribution >= 0.6 is 0 Å². The smallest absolute Gasteiger partial charge is 0.255 e. The van der Waals surface area contributed by atoms with E-state index >= 15 is 0 Å². The molecule has 0 radical (unpaired) electrons. The molecule has 1 unspecified atom stereocenters. The van der Waals surface area contributed by atoms with Gasteiger partial charge >= 0.3 is 0 Å². The number of fused-ring (bicyclic) bond motifs is 1. The maximum Gasteiger partial charge on any atom is 0.255 e. The summed E-state index contributed by atoms with van der Waals surface area (Å²) in [7, 11) is 0. The molecule has 0 saturated carbocycles. The molecular weight excluding hydrogens is 370 g/mol. The van der Waals surface area contributed by atoms with Crippen LogP contribution in [-0.4, -0.2) is 38.2 Å². The van der Waals surface area contributed by atoms with Crippen molar-refractivity contribution in [3.63, 3.8) is 0 Å². The molecule has 1 atom stereocenters. The first kappa shape index (κ1) is 19.3. The van der Waals surface area contributed by atoms with Crippen molar-refractivity contribution in [1.29, 1.82) is 0 Å². The third-order valence-corrected chi connectivity index (χ3v) is 5.69. The van der Waals surface area contributed by atoms with Gasteiger partial charge in [-0.25, -0.2) is 4.98 Å². The molecule has 2 aromatic rings. The number of imidazole rings is 1. The lowest BCUT2D eigenvalue weighted by Gasteiger charge is -2.29. The van der Waals surface area contributed by atoms with Crippen molar-refractivity contribution in [2.24, 2.45) is 5.73 Å². The van der Waals surface area contributed by atoms with Gasteiger partial charge in [0.1, 0.15) is 6.04 Å². The second kappa shape index (κ2) is 8.16. The predicted octanol–water partition coefficient (Wildman–Crippen LogP) is 1.13. The van der Waals surface area contributed by atoms with Crippen molar-refractivity contribution >= 4 is 17.7 Å². The zero-order chi connectivity index (χ0) is 20.4. The first-order chi connectivity index (χ1) is 14.1. The second-order valence-corrected chi connectivity index (χ2v) is 7.61. The number of piperidine rings is 1. The fourth-order valence-corrected chi connectivity index (χ4v) is 4.13. The van der Waals surface area contributed by atoms with Crippen LogP contribution in [0.1, 0.15) is 52.9 Å². The molecule has 1 saturated heterocycles. The van der Waals surface area contributed by atoms with Crippen LogP contribution in [0.4, 0.5) is 0 Å². The molecule has 2 aliphatic rings. The predicted molar refractivity (Wildman–Crippen MR) is 106 cm³/mol. The molecule has 152 valence electrons. The Morgan fingerprint density at radius 2 is 2.07 bits per heavy atom. The Kier molecular flexibility index (Phi) is 5.44. The van der Waals surface area contributed by atoms with Gasteiger partial charge in [0.2, 0.25) is 11.8 Å². The minimum absolute atomic E-state index is 0.121. The standard InChI is InChI=1S/C21H25N5O3/c22-10-15-11-25(13-23-15)9-2-1-4-14-5-3-6-16-17(14)12-26(21(16)29)18-7-8-19(27)24-20(18)28/h3,5-6,11,13,18H,1-2,4,7-10,12,22H2,(H,24,27,28). The average Bonchev–Trinajstić information content (AvgIpc) is 3.30. The van der Waals surface area contributed by atoms with Crippen molar-refractivity contribution in [3.05, 3.63) is 53.1 Å². The number of benzene rings is 1. The Bertz CT molecular complexity index is 952. The monoisotopic (exact) mass is 395 g/mol. The lowest BCUT2D eigenvalue weighted by Crippen LogP contribution is -2.52. The molecular formula is C21H25N5O3. The van der Waals surface area contributed by atoms with Gasteiger partial charge in [-0.15, -0.1) is 0 Å². The fraction of sp³-hybridized carbons (Fsp3) is 0.429. The maximum atomic E-state index is 12.9. The van der Waals surface area contributed by atoms with Gasteiger partial charge < -0.3 is 15.2 Å². The lowest BCUT2D eigenvalue weighted by atomic mass is 9.99. The van der Waals surface area contributed by atoms with Crippen LogP contribution in [0.3, 0.4) is 0 Å². The zero-order valence-corrected chi connectivity index (χ0v) is 16.3. The molecule has 1 aromatic carbocycles. The Labute approximate surface area is 169 Å². The highest BCUT2D eigenvalue weighted by Gasteiger charge is 2.39. The van der Waals surface area contributed by atoms with E-state index in [-0.39, 0.29) is 24.1 Å². The van der Waals surface area contributed by atoms with Crippen LogP contribution in [-0.2, 0) is 35.6 Å². The van der Waals surface area contributed by atoms with Gasteiger partial charge in [0.05, 0.1) is 12.0 Å². The number of imide groups is 1. The number of nitrogens with one attached hydrogen (secondary N) is 1. The molecule has 0 spiro atoms. The van der Waals surface area contributed by atoms with Gasteiger partial charge in [0.25, 0.3) is 5.91 Å². The number of hydrogen-bond acceptors (Lipinski definition) is 5. The number of unbranched alkanes of at least 4 members (excludes halogenated alkanes) is 1. The quantitative estimate of drug-likeness (QED) is 0.539. The van der Waals surface area contributed by atoms with Gasteiger partial charge in [-0.2, -0.15) is 0 Å². The Hall–Kier alpha value is -3.00. The molecule has 29 heavy (non-hydrogen) atoms. The van der Waals surface area contributed by atoms with Crippen LogP contribution < -0.4 is 11.1 Å². The largest absolute Gasteiger partial charge is 0.337 e. The molecule has 1 aromatic heterocycles. The van der Waals surface area contributed by atoms with Gasteiger partial charge in [0.15, 0.2) is 0 Å². The number of hydrogen-bond donors (Lipinski definition) is 2. The number of nitrogens with zero attached hydrogens (tertiary/aromatic N) is 3. The normalized spacial score (nSPS) is 18.9. The summed E-state index contributed by atoms with van der Waals surface area (Å²) < 4.78 is 2.05. The number of carbonyl (C=O) groups is 3. The SMILES string of the molecule is NCc1cn(CCCCc2cccc3c2CN(C2CCC(=O)NC2=O)C3=O)cn1. The number of carbonyl (C=O) groups excluding carboxylic acids is 3. The minimum Gasteiger partial charge on any atom is -0.337 e. The molecule has 1 fully saturated rings. The lowest BCUT2D eigenvalue weighted by molar-refractivity contribution is -0.136. The maximum absolute atomic E-state index is 12.9. The fourth-order valence-electron chi connectivity index (χ4n) is 4.13. The molecule has 8 heteroatoms. The summed E-state index contributed by atoms with van der Waals surface area (Å²) >= 11 is 0. The molecule has 3 N–H and O–H groups in total. The van der Waals surface area contributed by atoms with Crippen LogP contribution in [0.15, 0.2) is 30.7 Å². The summed E-state index contributed by atoms with van der Waals surface area (Å²) in [6.07, 6.45) is 7.28. The molecule has 3 heterocycles. The third-order valence-electron chi connectivity index (χ3n) is 5.69. The van der Waals surface area contributed by atoms with Gasteiger partial charge in [-0.1, -0.05) is 12.1 Å². The Morgan fingerprint density at radius 3 is 2.83 bits per heavy atom. The second-order valence-electron chi connectivity index (χ2n) is 7.61. The topological polar surface area (TPSA) is 110 Å².